The molecule has 3 rings (SSSR count). The molecule has 0 N–H and O–H groups in total. The summed E-state index contributed by atoms with van der Waals surface area (Å²) in [6, 6.07) is 17.2. The third kappa shape index (κ3) is 2.63. The van der Waals surface area contributed by atoms with Gasteiger partial charge in [-0.3, -0.25) is 0 Å². The van der Waals surface area contributed by atoms with E-state index in [9.17, 15) is 0 Å². The van der Waals surface area contributed by atoms with E-state index in [1.165, 1.54) is 32.6 Å². The largest absolute Gasteiger partial charge is 0.310 e. The number of fused-ring (bicyclic) bond motifs is 1. The molecule has 1 nitrogen and oxygen atoms in total. The molecule has 120 valence electrons. The minimum absolute atomic E-state index is 0.983. The third-order valence-corrected chi connectivity index (χ3v) is 4.36. The molecule has 0 radical (unpaired) electrons. The van der Waals surface area contributed by atoms with Crippen LogP contribution in [0.2, 0.25) is 0 Å². The van der Waals surface area contributed by atoms with Crippen molar-refractivity contribution in [2.75, 3.05) is 0 Å². The summed E-state index contributed by atoms with van der Waals surface area (Å²) in [5.41, 5.74) is 4.65. The van der Waals surface area contributed by atoms with Crippen LogP contribution in [0.1, 0.15) is 20.8 Å². The second kappa shape index (κ2) is 6.76. The van der Waals surface area contributed by atoms with E-state index in [4.69, 9.17) is 0 Å². The molecule has 0 unspecified atom stereocenters. The molecular weight excluding hydrogens is 290 g/mol. The average Bonchev–Trinajstić information content (AvgIpc) is 2.95. The Kier molecular flexibility index (Phi) is 4.52. The Morgan fingerprint density at radius 1 is 0.917 bits per heavy atom. The zero-order chi connectivity index (χ0) is 17.1. The van der Waals surface area contributed by atoms with Crippen LogP contribution in [0.15, 0.2) is 67.3 Å². The second-order valence-electron chi connectivity index (χ2n) is 5.80. The molecule has 2 aromatic carbocycles. The van der Waals surface area contributed by atoms with Crippen molar-refractivity contribution < 1.29 is 0 Å². The van der Waals surface area contributed by atoms with Crippen LogP contribution in [0.25, 0.3) is 39.9 Å². The molecule has 0 aliphatic rings. The SMILES string of the molecule is C=C(/C=C\C)n1c(=C/C)/c(=C\C)c2cc(-c3ccccc3)ccc21. The van der Waals surface area contributed by atoms with Crippen LogP contribution in [0.5, 0.6) is 0 Å². The van der Waals surface area contributed by atoms with Crippen LogP contribution in [0.4, 0.5) is 0 Å². The summed E-state index contributed by atoms with van der Waals surface area (Å²) in [5.74, 6) is 0. The Hall–Kier alpha value is -2.80. The lowest BCUT2D eigenvalue weighted by atomic mass is 10.0. The summed E-state index contributed by atoms with van der Waals surface area (Å²) in [6.45, 7) is 10.4. The molecule has 0 saturated carbocycles. The van der Waals surface area contributed by atoms with E-state index < -0.39 is 0 Å². The second-order valence-corrected chi connectivity index (χ2v) is 5.80. The van der Waals surface area contributed by atoms with Crippen molar-refractivity contribution >= 4 is 28.8 Å². The Balaban J connectivity index is 2.38. The minimum atomic E-state index is 0.983. The van der Waals surface area contributed by atoms with Crippen LogP contribution in [0, 0.1) is 0 Å². The van der Waals surface area contributed by atoms with Crippen molar-refractivity contribution in [2.24, 2.45) is 0 Å². The normalized spacial score (nSPS) is 13.3. The van der Waals surface area contributed by atoms with Crippen molar-refractivity contribution in [3.63, 3.8) is 0 Å². The minimum Gasteiger partial charge on any atom is -0.310 e. The van der Waals surface area contributed by atoms with Gasteiger partial charge in [0.2, 0.25) is 0 Å². The lowest BCUT2D eigenvalue weighted by Crippen LogP contribution is -2.27. The molecule has 0 aliphatic heterocycles. The highest BCUT2D eigenvalue weighted by atomic mass is 15.0. The average molecular weight is 313 g/mol. The Morgan fingerprint density at radius 2 is 1.67 bits per heavy atom. The first-order chi connectivity index (χ1) is 11.7. The van der Waals surface area contributed by atoms with Gasteiger partial charge < -0.3 is 4.57 Å². The van der Waals surface area contributed by atoms with Gasteiger partial charge >= 0.3 is 0 Å². The molecule has 3 aromatic rings. The van der Waals surface area contributed by atoms with Crippen LogP contribution in [0.3, 0.4) is 0 Å². The fraction of sp³-hybridized carbons (Fsp3) is 0.130. The van der Waals surface area contributed by atoms with Gasteiger partial charge in [0.25, 0.3) is 0 Å². The molecule has 0 saturated heterocycles. The van der Waals surface area contributed by atoms with Crippen molar-refractivity contribution in [3.05, 3.63) is 77.8 Å². The van der Waals surface area contributed by atoms with Crippen molar-refractivity contribution in [1.29, 1.82) is 0 Å². The summed E-state index contributed by atoms with van der Waals surface area (Å²) in [6.07, 6.45) is 8.43. The maximum Gasteiger partial charge on any atom is 0.0540 e. The maximum absolute atomic E-state index is 4.24. The molecule has 0 aliphatic carbocycles. The number of hydrogen-bond donors (Lipinski definition) is 0. The van der Waals surface area contributed by atoms with E-state index in [2.05, 4.69) is 91.8 Å². The smallest absolute Gasteiger partial charge is 0.0540 e. The topological polar surface area (TPSA) is 4.93 Å². The summed E-state index contributed by atoms with van der Waals surface area (Å²) in [4.78, 5) is 0. The first-order valence-electron chi connectivity index (χ1n) is 8.35. The number of hydrogen-bond acceptors (Lipinski definition) is 0. The number of aromatic nitrogens is 1. The van der Waals surface area contributed by atoms with E-state index in [0.717, 1.165) is 5.70 Å². The Bertz CT molecular complexity index is 1030. The van der Waals surface area contributed by atoms with E-state index in [0.29, 0.717) is 0 Å². The zero-order valence-electron chi connectivity index (χ0n) is 14.6. The van der Waals surface area contributed by atoms with Gasteiger partial charge in [-0.1, -0.05) is 61.2 Å². The number of benzene rings is 2. The van der Waals surface area contributed by atoms with Gasteiger partial charge in [-0.05, 0) is 50.1 Å². The van der Waals surface area contributed by atoms with Crippen LogP contribution >= 0.6 is 0 Å². The number of rotatable bonds is 3. The predicted molar refractivity (Wildman–Crippen MR) is 107 cm³/mol. The fourth-order valence-corrected chi connectivity index (χ4v) is 3.31. The first-order valence-corrected chi connectivity index (χ1v) is 8.35. The van der Waals surface area contributed by atoms with E-state index in [-0.39, 0.29) is 0 Å². The molecule has 0 amide bonds. The molecular formula is C23H23N. The molecule has 0 spiro atoms. The lowest BCUT2D eigenvalue weighted by molar-refractivity contribution is 1.11. The summed E-state index contributed by atoms with van der Waals surface area (Å²) in [7, 11) is 0. The molecule has 0 bridgehead atoms. The molecule has 0 fully saturated rings. The van der Waals surface area contributed by atoms with Gasteiger partial charge in [-0.2, -0.15) is 0 Å². The summed E-state index contributed by atoms with van der Waals surface area (Å²) >= 11 is 0. The van der Waals surface area contributed by atoms with Crippen LogP contribution < -0.4 is 10.6 Å². The first kappa shape index (κ1) is 16.1. The van der Waals surface area contributed by atoms with Gasteiger partial charge in [0.1, 0.15) is 0 Å². The fourth-order valence-electron chi connectivity index (χ4n) is 3.31. The predicted octanol–water partition coefficient (Wildman–Crippen LogP) is 4.96. The number of allylic oxidation sites excluding steroid dienone is 3. The molecule has 1 heterocycles. The highest BCUT2D eigenvalue weighted by molar-refractivity contribution is 5.90. The van der Waals surface area contributed by atoms with Gasteiger partial charge in [-0.15, -0.1) is 0 Å². The van der Waals surface area contributed by atoms with Gasteiger partial charge in [0.05, 0.1) is 5.52 Å². The standard InChI is InChI=1S/C23H23N/c1-5-11-17(4)24-22(7-3)20(6-2)21-16-19(14-15-23(21)24)18-12-9-8-10-13-18/h5-16H,4H2,1-3H3/b11-5-,20-6-,22-7+. The van der Waals surface area contributed by atoms with Crippen LogP contribution in [-0.4, -0.2) is 4.57 Å². The zero-order valence-corrected chi connectivity index (χ0v) is 14.6. The molecule has 1 heteroatoms. The van der Waals surface area contributed by atoms with E-state index >= 15 is 0 Å². The van der Waals surface area contributed by atoms with Gasteiger partial charge in [0.15, 0.2) is 0 Å². The van der Waals surface area contributed by atoms with E-state index in [1.807, 2.05) is 13.0 Å². The van der Waals surface area contributed by atoms with Crippen molar-refractivity contribution in [1.82, 2.24) is 4.57 Å². The van der Waals surface area contributed by atoms with E-state index in [1.54, 1.807) is 0 Å². The van der Waals surface area contributed by atoms with Crippen molar-refractivity contribution in [3.8, 4) is 11.1 Å². The van der Waals surface area contributed by atoms with Crippen LogP contribution in [-0.2, 0) is 0 Å². The Morgan fingerprint density at radius 3 is 2.29 bits per heavy atom. The Labute approximate surface area is 143 Å². The third-order valence-electron chi connectivity index (χ3n) is 4.36. The molecule has 1 aromatic heterocycles. The molecule has 0 atom stereocenters. The summed E-state index contributed by atoms with van der Waals surface area (Å²) < 4.78 is 2.24. The van der Waals surface area contributed by atoms with Gasteiger partial charge in [0, 0.05) is 21.7 Å². The van der Waals surface area contributed by atoms with Crippen molar-refractivity contribution in [2.45, 2.75) is 20.8 Å². The maximum atomic E-state index is 4.24. The lowest BCUT2D eigenvalue weighted by Gasteiger charge is -2.07. The summed E-state index contributed by atoms with van der Waals surface area (Å²) in [5, 5.41) is 3.72. The van der Waals surface area contributed by atoms with Gasteiger partial charge in [-0.25, -0.2) is 0 Å². The quantitative estimate of drug-likeness (QED) is 0.603. The number of nitrogens with zero attached hydrogens (tertiary/aromatic N) is 1. The monoisotopic (exact) mass is 313 g/mol. The molecule has 24 heavy (non-hydrogen) atoms. The highest BCUT2D eigenvalue weighted by Crippen LogP contribution is 2.23. The highest BCUT2D eigenvalue weighted by Gasteiger charge is 2.09.